The van der Waals surface area contributed by atoms with Crippen molar-refractivity contribution in [3.05, 3.63) is 0 Å². The molecule has 0 saturated heterocycles. The zero-order valence-electron chi connectivity index (χ0n) is 9.71. The molecule has 0 aromatic heterocycles. The Labute approximate surface area is 86.8 Å². The smallest absolute Gasteiger partial charge is 0.335 e. The number of ether oxygens (including phenoxy) is 2. The molecule has 0 aliphatic rings. The van der Waals surface area contributed by atoms with Crippen molar-refractivity contribution in [3.8, 4) is 0 Å². The molecule has 0 amide bonds. The summed E-state index contributed by atoms with van der Waals surface area (Å²) in [7, 11) is 0. The van der Waals surface area contributed by atoms with Gasteiger partial charge >= 0.3 is 5.97 Å². The van der Waals surface area contributed by atoms with Crippen molar-refractivity contribution < 1.29 is 14.3 Å². The van der Waals surface area contributed by atoms with Crippen LogP contribution in [0.5, 0.6) is 0 Å². The predicted octanol–water partition coefficient (Wildman–Crippen LogP) is 2.39. The van der Waals surface area contributed by atoms with Crippen LogP contribution in [-0.4, -0.2) is 25.3 Å². The second-order valence-corrected chi connectivity index (χ2v) is 3.70. The average Bonchev–Trinajstić information content (AvgIpc) is 2.12. The van der Waals surface area contributed by atoms with Gasteiger partial charge in [0.1, 0.15) is 0 Å². The topological polar surface area (TPSA) is 35.5 Å². The molecule has 1 atom stereocenters. The van der Waals surface area contributed by atoms with Gasteiger partial charge in [0.05, 0.1) is 6.61 Å². The molecule has 3 heteroatoms. The van der Waals surface area contributed by atoms with Crippen molar-refractivity contribution in [2.24, 2.45) is 5.92 Å². The van der Waals surface area contributed by atoms with Crippen LogP contribution in [0, 0.1) is 5.92 Å². The summed E-state index contributed by atoms with van der Waals surface area (Å²) in [5.41, 5.74) is 0. The van der Waals surface area contributed by atoms with Crippen molar-refractivity contribution >= 4 is 5.97 Å². The first-order chi connectivity index (χ1) is 6.61. The van der Waals surface area contributed by atoms with Crippen LogP contribution in [0.2, 0.25) is 0 Å². The van der Waals surface area contributed by atoms with Crippen LogP contribution in [0.15, 0.2) is 0 Å². The summed E-state index contributed by atoms with van der Waals surface area (Å²) >= 11 is 0. The lowest BCUT2D eigenvalue weighted by molar-refractivity contribution is -0.157. The third-order valence-electron chi connectivity index (χ3n) is 1.93. The van der Waals surface area contributed by atoms with Crippen LogP contribution in [0.4, 0.5) is 0 Å². The first-order valence-electron chi connectivity index (χ1n) is 5.40. The van der Waals surface area contributed by atoms with Crippen molar-refractivity contribution in [2.75, 3.05) is 13.2 Å². The minimum atomic E-state index is -0.381. The van der Waals surface area contributed by atoms with Gasteiger partial charge in [0.2, 0.25) is 0 Å². The second-order valence-electron chi connectivity index (χ2n) is 3.70. The number of carbonyl (C=O) groups excluding carboxylic acids is 1. The monoisotopic (exact) mass is 202 g/mol. The number of esters is 1. The molecule has 0 bridgehead atoms. The fraction of sp³-hybridized carbons (Fsp3) is 0.909. The van der Waals surface area contributed by atoms with Crippen molar-refractivity contribution in [2.45, 2.75) is 46.6 Å². The van der Waals surface area contributed by atoms with Gasteiger partial charge in [-0.2, -0.15) is 0 Å². The average molecular weight is 202 g/mol. The van der Waals surface area contributed by atoms with Gasteiger partial charge in [-0.1, -0.05) is 20.8 Å². The molecule has 0 saturated carbocycles. The van der Waals surface area contributed by atoms with Crippen LogP contribution in [0.25, 0.3) is 0 Å². The van der Waals surface area contributed by atoms with E-state index in [0.717, 1.165) is 6.42 Å². The Balaban J connectivity index is 3.73. The molecule has 0 aliphatic carbocycles. The highest BCUT2D eigenvalue weighted by Crippen LogP contribution is 2.05. The highest BCUT2D eigenvalue weighted by atomic mass is 16.6. The molecule has 3 nitrogen and oxygen atoms in total. The van der Waals surface area contributed by atoms with E-state index < -0.39 is 0 Å². The van der Waals surface area contributed by atoms with Crippen molar-refractivity contribution in [1.82, 2.24) is 0 Å². The maximum Gasteiger partial charge on any atom is 0.335 e. The van der Waals surface area contributed by atoms with Gasteiger partial charge in [0.25, 0.3) is 0 Å². The van der Waals surface area contributed by atoms with Gasteiger partial charge in [-0.15, -0.1) is 0 Å². The molecule has 0 spiro atoms. The van der Waals surface area contributed by atoms with Crippen molar-refractivity contribution in [1.29, 1.82) is 0 Å². The van der Waals surface area contributed by atoms with Crippen LogP contribution in [0.1, 0.15) is 40.5 Å². The summed E-state index contributed by atoms with van der Waals surface area (Å²) in [5, 5.41) is 0. The van der Waals surface area contributed by atoms with Crippen LogP contribution >= 0.6 is 0 Å². The van der Waals surface area contributed by atoms with E-state index >= 15 is 0 Å². The third kappa shape index (κ3) is 5.97. The Morgan fingerprint density at radius 2 is 1.93 bits per heavy atom. The second kappa shape index (κ2) is 7.80. The minimum Gasteiger partial charge on any atom is -0.464 e. The van der Waals surface area contributed by atoms with Gasteiger partial charge < -0.3 is 9.47 Å². The molecule has 14 heavy (non-hydrogen) atoms. The lowest BCUT2D eigenvalue weighted by Crippen LogP contribution is -2.26. The molecule has 84 valence electrons. The maximum absolute atomic E-state index is 11.3. The normalized spacial score (nSPS) is 12.9. The number of rotatable bonds is 7. The van der Waals surface area contributed by atoms with Gasteiger partial charge in [0.15, 0.2) is 6.10 Å². The van der Waals surface area contributed by atoms with E-state index in [2.05, 4.69) is 13.8 Å². The van der Waals surface area contributed by atoms with Crippen LogP contribution in [-0.2, 0) is 14.3 Å². The Bertz CT molecular complexity index is 155. The molecule has 0 aromatic rings. The quantitative estimate of drug-likeness (QED) is 0.595. The van der Waals surface area contributed by atoms with E-state index in [1.807, 2.05) is 6.92 Å². The van der Waals surface area contributed by atoms with Crippen LogP contribution < -0.4 is 0 Å². The molecular weight excluding hydrogens is 180 g/mol. The molecule has 1 unspecified atom stereocenters. The Kier molecular flexibility index (Phi) is 7.48. The van der Waals surface area contributed by atoms with E-state index in [0.29, 0.717) is 25.6 Å². The fourth-order valence-corrected chi connectivity index (χ4v) is 1.03. The first-order valence-corrected chi connectivity index (χ1v) is 5.40. The summed E-state index contributed by atoms with van der Waals surface area (Å²) in [4.78, 5) is 11.3. The molecular formula is C11H22O3. The molecule has 0 aromatic carbocycles. The molecule has 0 fully saturated rings. The molecule has 0 N–H and O–H groups in total. The van der Waals surface area contributed by atoms with Gasteiger partial charge in [-0.05, 0) is 25.7 Å². The number of hydrogen-bond donors (Lipinski definition) is 0. The summed E-state index contributed by atoms with van der Waals surface area (Å²) in [6.07, 6.45) is 1.28. The third-order valence-corrected chi connectivity index (χ3v) is 1.93. The highest BCUT2D eigenvalue weighted by molar-refractivity contribution is 5.74. The van der Waals surface area contributed by atoms with E-state index in [-0.39, 0.29) is 12.1 Å². The Morgan fingerprint density at radius 1 is 1.29 bits per heavy atom. The van der Waals surface area contributed by atoms with E-state index in [1.54, 1.807) is 6.92 Å². The van der Waals surface area contributed by atoms with E-state index in [4.69, 9.17) is 9.47 Å². The minimum absolute atomic E-state index is 0.237. The number of carbonyl (C=O) groups is 1. The standard InChI is InChI=1S/C11H22O3/c1-5-10(11(12)13-6-2)14-8-7-9(3)4/h9-10H,5-8H2,1-4H3. The maximum atomic E-state index is 11.3. The summed E-state index contributed by atoms with van der Waals surface area (Å²) in [6.45, 7) is 9.05. The predicted molar refractivity (Wildman–Crippen MR) is 56.1 cm³/mol. The Morgan fingerprint density at radius 3 is 2.36 bits per heavy atom. The van der Waals surface area contributed by atoms with Gasteiger partial charge in [-0.3, -0.25) is 0 Å². The first kappa shape index (κ1) is 13.4. The molecule has 0 heterocycles. The lowest BCUT2D eigenvalue weighted by Gasteiger charge is -2.15. The fourth-order valence-electron chi connectivity index (χ4n) is 1.03. The Hall–Kier alpha value is -0.570. The zero-order valence-corrected chi connectivity index (χ0v) is 9.71. The lowest BCUT2D eigenvalue weighted by atomic mass is 10.1. The molecule has 0 aliphatic heterocycles. The van der Waals surface area contributed by atoms with E-state index in [9.17, 15) is 4.79 Å². The van der Waals surface area contributed by atoms with Crippen molar-refractivity contribution in [3.63, 3.8) is 0 Å². The number of hydrogen-bond acceptors (Lipinski definition) is 3. The summed E-state index contributed by atoms with van der Waals surface area (Å²) in [6, 6.07) is 0. The summed E-state index contributed by atoms with van der Waals surface area (Å²) < 4.78 is 10.3. The van der Waals surface area contributed by atoms with Gasteiger partial charge in [-0.25, -0.2) is 4.79 Å². The molecule has 0 radical (unpaired) electrons. The largest absolute Gasteiger partial charge is 0.464 e. The van der Waals surface area contributed by atoms with Gasteiger partial charge in [0, 0.05) is 6.61 Å². The summed E-state index contributed by atoms with van der Waals surface area (Å²) in [5.74, 6) is 0.369. The highest BCUT2D eigenvalue weighted by Gasteiger charge is 2.17. The van der Waals surface area contributed by atoms with Crippen LogP contribution in [0.3, 0.4) is 0 Å². The van der Waals surface area contributed by atoms with E-state index in [1.165, 1.54) is 0 Å². The zero-order chi connectivity index (χ0) is 11.0. The molecule has 0 rings (SSSR count). The SMILES string of the molecule is CCOC(=O)C(CC)OCCC(C)C.